The van der Waals surface area contributed by atoms with Crippen LogP contribution >= 0.6 is 23.6 Å². The number of amides is 2. The predicted molar refractivity (Wildman–Crippen MR) is 109 cm³/mol. The molecule has 0 aromatic carbocycles. The Kier molecular flexibility index (Phi) is 6.10. The lowest BCUT2D eigenvalue weighted by atomic mass is 9.96. The fourth-order valence-electron chi connectivity index (χ4n) is 3.98. The molecule has 4 rings (SSSR count). The van der Waals surface area contributed by atoms with E-state index in [1.54, 1.807) is 16.5 Å². The van der Waals surface area contributed by atoms with E-state index < -0.39 is 0 Å². The van der Waals surface area contributed by atoms with Gasteiger partial charge in [-0.15, -0.1) is 5.10 Å². The van der Waals surface area contributed by atoms with Crippen LogP contribution in [0.25, 0.3) is 0 Å². The molecule has 0 bridgehead atoms. The number of rotatable bonds is 5. The summed E-state index contributed by atoms with van der Waals surface area (Å²) >= 11 is 6.90. The lowest BCUT2D eigenvalue weighted by molar-refractivity contribution is -0.141. The Labute approximate surface area is 174 Å². The highest BCUT2D eigenvalue weighted by molar-refractivity contribution is 7.73. The van der Waals surface area contributed by atoms with Gasteiger partial charge in [0.15, 0.2) is 3.95 Å². The maximum atomic E-state index is 12.8. The van der Waals surface area contributed by atoms with Crippen molar-refractivity contribution in [1.82, 2.24) is 19.6 Å². The number of hydrogen-bond acceptors (Lipinski definition) is 7. The second-order valence-electron chi connectivity index (χ2n) is 7.77. The van der Waals surface area contributed by atoms with Gasteiger partial charge in [-0.1, -0.05) is 11.3 Å². The third-order valence-electron chi connectivity index (χ3n) is 5.56. The monoisotopic (exact) mass is 425 g/mol. The summed E-state index contributed by atoms with van der Waals surface area (Å²) < 4.78 is 7.83. The maximum Gasteiger partial charge on any atom is 0.227 e. The van der Waals surface area contributed by atoms with E-state index in [-0.39, 0.29) is 23.8 Å². The van der Waals surface area contributed by atoms with Crippen LogP contribution in [0.3, 0.4) is 0 Å². The number of carbonyl (C=O) groups is 2. The fourth-order valence-corrected chi connectivity index (χ4v) is 5.18. The Morgan fingerprint density at radius 3 is 2.68 bits per heavy atom. The molecule has 3 heterocycles. The molecule has 2 aliphatic heterocycles. The van der Waals surface area contributed by atoms with Crippen LogP contribution in [0.5, 0.6) is 0 Å². The van der Waals surface area contributed by atoms with Gasteiger partial charge in [0.1, 0.15) is 0 Å². The number of carbonyl (C=O) groups excluding carboxylic acids is 2. The van der Waals surface area contributed by atoms with Gasteiger partial charge in [0.2, 0.25) is 16.9 Å². The molecule has 28 heavy (non-hydrogen) atoms. The molecule has 1 atom stereocenters. The second kappa shape index (κ2) is 8.56. The highest BCUT2D eigenvalue weighted by atomic mass is 32.1. The Balaban J connectivity index is 1.40. The molecule has 1 unspecified atom stereocenters. The van der Waals surface area contributed by atoms with E-state index in [9.17, 15) is 9.59 Å². The van der Waals surface area contributed by atoms with E-state index in [4.69, 9.17) is 17.0 Å². The summed E-state index contributed by atoms with van der Waals surface area (Å²) in [5, 5.41) is 5.32. The summed E-state index contributed by atoms with van der Waals surface area (Å²) in [5.74, 6) is 0.291. The lowest BCUT2D eigenvalue weighted by Gasteiger charge is -2.36. The molecular weight excluding hydrogens is 398 g/mol. The number of piperidine rings is 1. The van der Waals surface area contributed by atoms with E-state index >= 15 is 0 Å². The molecule has 3 aliphatic rings. The van der Waals surface area contributed by atoms with Gasteiger partial charge in [0, 0.05) is 32.6 Å². The Morgan fingerprint density at radius 2 is 2.00 bits per heavy atom. The Morgan fingerprint density at radius 1 is 1.25 bits per heavy atom. The van der Waals surface area contributed by atoms with E-state index in [2.05, 4.69) is 10.00 Å². The summed E-state index contributed by atoms with van der Waals surface area (Å²) in [4.78, 5) is 30.8. The van der Waals surface area contributed by atoms with Crippen molar-refractivity contribution in [2.75, 3.05) is 44.3 Å². The van der Waals surface area contributed by atoms with Gasteiger partial charge in [-0.05, 0) is 44.4 Å². The highest BCUT2D eigenvalue weighted by Gasteiger charge is 2.34. The predicted octanol–water partition coefficient (Wildman–Crippen LogP) is 1.72. The van der Waals surface area contributed by atoms with Crippen LogP contribution in [0.1, 0.15) is 32.6 Å². The molecule has 1 aliphatic carbocycles. The Bertz CT molecular complexity index is 784. The molecule has 154 valence electrons. The first-order chi connectivity index (χ1) is 13.5. The van der Waals surface area contributed by atoms with Crippen LogP contribution in [0, 0.1) is 9.87 Å². The number of hydrogen-bond donors (Lipinski definition) is 0. The molecule has 0 radical (unpaired) electrons. The molecule has 0 N–H and O–H groups in total. The molecule has 2 amide bonds. The van der Waals surface area contributed by atoms with Crippen LogP contribution < -0.4 is 4.90 Å². The largest absolute Gasteiger partial charge is 0.378 e. The molecule has 1 aromatic heterocycles. The molecule has 10 heteroatoms. The first-order valence-electron chi connectivity index (χ1n) is 9.99. The second-order valence-corrected chi connectivity index (χ2v) is 9.37. The Hall–Kier alpha value is -1.36. The zero-order valence-electron chi connectivity index (χ0n) is 16.2. The normalized spacial score (nSPS) is 23.6. The van der Waals surface area contributed by atoms with Crippen molar-refractivity contribution >= 4 is 40.5 Å². The van der Waals surface area contributed by atoms with Crippen molar-refractivity contribution in [2.24, 2.45) is 5.92 Å². The molecular formula is C18H27N5O3S2. The van der Waals surface area contributed by atoms with Gasteiger partial charge in [0.05, 0.1) is 25.8 Å². The van der Waals surface area contributed by atoms with E-state index in [1.807, 2.05) is 4.90 Å². The zero-order chi connectivity index (χ0) is 19.7. The van der Waals surface area contributed by atoms with Crippen molar-refractivity contribution in [3.63, 3.8) is 0 Å². The summed E-state index contributed by atoms with van der Waals surface area (Å²) in [6.07, 6.45) is 3.99. The van der Waals surface area contributed by atoms with Gasteiger partial charge in [-0.2, -0.15) is 0 Å². The van der Waals surface area contributed by atoms with Crippen LogP contribution in [-0.4, -0.2) is 76.8 Å². The standard InChI is InChI=1S/C18H27N5O3S2/c1-13(24)23(15-4-5-15)17-19-22(18(27)28-17)12-20-6-2-3-14(11-20)16(25)21-7-9-26-10-8-21/h14-15H,2-12H2,1H3. The maximum absolute atomic E-state index is 12.8. The van der Waals surface area contributed by atoms with E-state index in [0.717, 1.165) is 38.8 Å². The first-order valence-corrected chi connectivity index (χ1v) is 11.2. The number of anilines is 1. The van der Waals surface area contributed by atoms with E-state index in [0.29, 0.717) is 42.1 Å². The minimum atomic E-state index is 0.0209. The average molecular weight is 426 g/mol. The number of ether oxygens (including phenoxy) is 1. The molecule has 2 saturated heterocycles. The number of likely N-dealkylation sites (tertiary alicyclic amines) is 1. The molecule has 0 spiro atoms. The summed E-state index contributed by atoms with van der Waals surface area (Å²) in [6.45, 7) is 6.46. The zero-order valence-corrected chi connectivity index (χ0v) is 17.8. The molecule has 3 fully saturated rings. The summed E-state index contributed by atoms with van der Waals surface area (Å²) in [5.41, 5.74) is 0. The van der Waals surface area contributed by atoms with Crippen LogP contribution in [-0.2, 0) is 21.0 Å². The number of nitrogens with zero attached hydrogens (tertiary/aromatic N) is 5. The smallest absolute Gasteiger partial charge is 0.227 e. The van der Waals surface area contributed by atoms with Gasteiger partial charge < -0.3 is 9.64 Å². The molecule has 1 saturated carbocycles. The third-order valence-corrected chi connectivity index (χ3v) is 6.87. The van der Waals surface area contributed by atoms with Gasteiger partial charge in [0.25, 0.3) is 0 Å². The van der Waals surface area contributed by atoms with Gasteiger partial charge in [-0.25, -0.2) is 4.68 Å². The molecule has 8 nitrogen and oxygen atoms in total. The van der Waals surface area contributed by atoms with Crippen LogP contribution in [0.15, 0.2) is 0 Å². The minimum absolute atomic E-state index is 0.0209. The van der Waals surface area contributed by atoms with Gasteiger partial charge in [-0.3, -0.25) is 19.4 Å². The van der Waals surface area contributed by atoms with E-state index in [1.165, 1.54) is 11.3 Å². The van der Waals surface area contributed by atoms with Crippen molar-refractivity contribution in [2.45, 2.75) is 45.3 Å². The van der Waals surface area contributed by atoms with Crippen LogP contribution in [0.2, 0.25) is 0 Å². The fraction of sp³-hybridized carbons (Fsp3) is 0.778. The lowest BCUT2D eigenvalue weighted by Crippen LogP contribution is -2.48. The average Bonchev–Trinajstić information content (AvgIpc) is 3.46. The van der Waals surface area contributed by atoms with Crippen molar-refractivity contribution in [1.29, 1.82) is 0 Å². The summed E-state index contributed by atoms with van der Waals surface area (Å²) in [7, 11) is 0. The topological polar surface area (TPSA) is 70.9 Å². The minimum Gasteiger partial charge on any atom is -0.378 e. The number of aromatic nitrogens is 2. The summed E-state index contributed by atoms with van der Waals surface area (Å²) in [6, 6.07) is 0.275. The van der Waals surface area contributed by atoms with Crippen molar-refractivity contribution in [3.05, 3.63) is 3.95 Å². The first kappa shape index (κ1) is 19.9. The molecule has 1 aromatic rings. The van der Waals surface area contributed by atoms with Crippen molar-refractivity contribution in [3.8, 4) is 0 Å². The van der Waals surface area contributed by atoms with Crippen LogP contribution in [0.4, 0.5) is 5.13 Å². The number of morpholine rings is 1. The highest BCUT2D eigenvalue weighted by Crippen LogP contribution is 2.33. The quantitative estimate of drug-likeness (QED) is 0.669. The third kappa shape index (κ3) is 4.45. The van der Waals surface area contributed by atoms with Gasteiger partial charge >= 0.3 is 0 Å². The SMILES string of the molecule is CC(=O)N(c1nn(CN2CCCC(C(=O)N3CCOCC3)C2)c(=S)s1)C1CC1. The van der Waals surface area contributed by atoms with Crippen molar-refractivity contribution < 1.29 is 14.3 Å².